The molecule has 3 N–H and O–H groups in total. The Balaban J connectivity index is 2.25. The van der Waals surface area contributed by atoms with Gasteiger partial charge in [0.25, 0.3) is 0 Å². The van der Waals surface area contributed by atoms with Crippen molar-refractivity contribution in [2.45, 2.75) is 39.2 Å². The summed E-state index contributed by atoms with van der Waals surface area (Å²) >= 11 is 0. The van der Waals surface area contributed by atoms with Gasteiger partial charge in [-0.15, -0.1) is 0 Å². The van der Waals surface area contributed by atoms with E-state index in [2.05, 4.69) is 12.2 Å². The molecule has 0 aromatic heterocycles. The van der Waals surface area contributed by atoms with Gasteiger partial charge in [0.1, 0.15) is 5.54 Å². The fourth-order valence-corrected chi connectivity index (χ4v) is 2.12. The van der Waals surface area contributed by atoms with Crippen LogP contribution in [-0.2, 0) is 4.79 Å². The highest BCUT2D eigenvalue weighted by molar-refractivity contribution is 5.89. The molecule has 0 spiro atoms. The number of primary amides is 1. The highest BCUT2D eigenvalue weighted by atomic mass is 16.1. The van der Waals surface area contributed by atoms with E-state index in [-0.39, 0.29) is 11.3 Å². The molecule has 1 saturated carbocycles. The molecule has 1 unspecified atom stereocenters. The van der Waals surface area contributed by atoms with Gasteiger partial charge in [0, 0.05) is 5.69 Å². The molecule has 1 aliphatic rings. The van der Waals surface area contributed by atoms with E-state index in [1.165, 1.54) is 5.56 Å². The van der Waals surface area contributed by atoms with Gasteiger partial charge in [-0.2, -0.15) is 0 Å². The Morgan fingerprint density at radius 1 is 1.35 bits per heavy atom. The summed E-state index contributed by atoms with van der Waals surface area (Å²) in [7, 11) is 0. The number of anilines is 1. The smallest absolute Gasteiger partial charge is 0.243 e. The number of hydrogen-bond acceptors (Lipinski definition) is 2. The van der Waals surface area contributed by atoms with E-state index < -0.39 is 5.54 Å². The van der Waals surface area contributed by atoms with Crippen molar-refractivity contribution in [3.8, 4) is 0 Å². The number of carbonyl (C=O) groups is 1. The van der Waals surface area contributed by atoms with Crippen molar-refractivity contribution in [2.24, 2.45) is 11.1 Å². The highest BCUT2D eigenvalue weighted by Gasteiger charge is 2.56. The van der Waals surface area contributed by atoms with Crippen molar-refractivity contribution in [2.75, 3.05) is 5.32 Å². The van der Waals surface area contributed by atoms with Crippen LogP contribution >= 0.6 is 0 Å². The largest absolute Gasteiger partial charge is 0.371 e. The summed E-state index contributed by atoms with van der Waals surface area (Å²) in [5, 5.41) is 3.31. The zero-order valence-corrected chi connectivity index (χ0v) is 10.7. The Bertz CT molecular complexity index is 434. The first-order chi connectivity index (χ1) is 7.87. The van der Waals surface area contributed by atoms with E-state index in [1.807, 2.05) is 38.1 Å². The zero-order chi connectivity index (χ0) is 12.7. The molecule has 3 nitrogen and oxygen atoms in total. The third-order valence-corrected chi connectivity index (χ3v) is 4.15. The Hall–Kier alpha value is -1.51. The third-order valence-electron chi connectivity index (χ3n) is 4.15. The number of carbonyl (C=O) groups excluding carboxylic acids is 1. The molecule has 1 aromatic rings. The van der Waals surface area contributed by atoms with Gasteiger partial charge < -0.3 is 11.1 Å². The topological polar surface area (TPSA) is 55.1 Å². The van der Waals surface area contributed by atoms with Crippen LogP contribution in [0.1, 0.15) is 32.3 Å². The van der Waals surface area contributed by atoms with Crippen molar-refractivity contribution in [1.82, 2.24) is 0 Å². The molecule has 2 rings (SSSR count). The molecule has 1 fully saturated rings. The van der Waals surface area contributed by atoms with Crippen LogP contribution in [0.3, 0.4) is 0 Å². The van der Waals surface area contributed by atoms with Gasteiger partial charge in [-0.05, 0) is 44.2 Å². The number of hydrogen-bond donors (Lipinski definition) is 2. The summed E-state index contributed by atoms with van der Waals surface area (Å²) in [5.74, 6) is -0.280. The van der Waals surface area contributed by atoms with E-state index in [0.717, 1.165) is 18.5 Å². The average Bonchev–Trinajstić information content (AvgIpc) is 3.01. The lowest BCUT2D eigenvalue weighted by molar-refractivity contribution is -0.123. The fraction of sp³-hybridized carbons (Fsp3) is 0.500. The van der Waals surface area contributed by atoms with Crippen LogP contribution < -0.4 is 11.1 Å². The minimum absolute atomic E-state index is 0.0102. The maximum absolute atomic E-state index is 11.7. The maximum Gasteiger partial charge on any atom is 0.243 e. The first-order valence-electron chi connectivity index (χ1n) is 6.02. The molecule has 0 heterocycles. The molecular formula is C14H20N2O. The third kappa shape index (κ3) is 2.02. The summed E-state index contributed by atoms with van der Waals surface area (Å²) in [5.41, 5.74) is 7.05. The molecule has 0 radical (unpaired) electrons. The number of aryl methyl sites for hydroxylation is 1. The van der Waals surface area contributed by atoms with E-state index in [4.69, 9.17) is 5.73 Å². The molecule has 1 atom stereocenters. The second-order valence-corrected chi connectivity index (χ2v) is 5.54. The molecule has 0 bridgehead atoms. The monoisotopic (exact) mass is 232 g/mol. The van der Waals surface area contributed by atoms with Crippen molar-refractivity contribution in [1.29, 1.82) is 0 Å². The number of benzene rings is 1. The van der Waals surface area contributed by atoms with Crippen LogP contribution in [0.2, 0.25) is 0 Å². The summed E-state index contributed by atoms with van der Waals surface area (Å²) in [4.78, 5) is 11.7. The summed E-state index contributed by atoms with van der Waals surface area (Å²) in [6, 6.07) is 8.03. The molecule has 1 aliphatic carbocycles. The van der Waals surface area contributed by atoms with Crippen molar-refractivity contribution in [3.63, 3.8) is 0 Å². The summed E-state index contributed by atoms with van der Waals surface area (Å²) in [6.07, 6.45) is 2.09. The standard InChI is InChI=1S/C14H20N2O/c1-10-4-6-11(7-5-10)16-14(3,12(15)17)13(2)8-9-13/h4-7,16H,8-9H2,1-3H3,(H2,15,17). The SMILES string of the molecule is Cc1ccc(NC(C)(C(N)=O)C2(C)CC2)cc1. The Labute approximate surface area is 102 Å². The molecule has 1 aromatic carbocycles. The minimum Gasteiger partial charge on any atom is -0.371 e. The number of amides is 1. The van der Waals surface area contributed by atoms with Gasteiger partial charge in [0.2, 0.25) is 5.91 Å². The molecule has 1 amide bonds. The van der Waals surface area contributed by atoms with E-state index in [0.29, 0.717) is 0 Å². The van der Waals surface area contributed by atoms with Gasteiger partial charge in [-0.25, -0.2) is 0 Å². The van der Waals surface area contributed by atoms with Crippen LogP contribution in [0.4, 0.5) is 5.69 Å². The second-order valence-electron chi connectivity index (χ2n) is 5.54. The first kappa shape index (κ1) is 12.0. The highest BCUT2D eigenvalue weighted by Crippen LogP contribution is 2.54. The predicted octanol–water partition coefficient (Wildman–Crippen LogP) is 2.45. The molecule has 17 heavy (non-hydrogen) atoms. The van der Waals surface area contributed by atoms with Gasteiger partial charge in [-0.3, -0.25) is 4.79 Å². The van der Waals surface area contributed by atoms with Gasteiger partial charge >= 0.3 is 0 Å². The molecule has 92 valence electrons. The van der Waals surface area contributed by atoms with E-state index in [9.17, 15) is 4.79 Å². The van der Waals surface area contributed by atoms with Gasteiger partial charge in [-0.1, -0.05) is 24.6 Å². The number of nitrogens with two attached hydrogens (primary N) is 1. The van der Waals surface area contributed by atoms with Gasteiger partial charge in [0.15, 0.2) is 0 Å². The van der Waals surface area contributed by atoms with Crippen molar-refractivity contribution >= 4 is 11.6 Å². The number of nitrogens with one attached hydrogen (secondary N) is 1. The Morgan fingerprint density at radius 3 is 2.29 bits per heavy atom. The fourth-order valence-electron chi connectivity index (χ4n) is 2.12. The summed E-state index contributed by atoms with van der Waals surface area (Å²) < 4.78 is 0. The lowest BCUT2D eigenvalue weighted by Crippen LogP contribution is -2.54. The molecular weight excluding hydrogens is 212 g/mol. The molecule has 0 aliphatic heterocycles. The van der Waals surface area contributed by atoms with Crippen molar-refractivity contribution in [3.05, 3.63) is 29.8 Å². The van der Waals surface area contributed by atoms with E-state index >= 15 is 0 Å². The Morgan fingerprint density at radius 2 is 1.88 bits per heavy atom. The lowest BCUT2D eigenvalue weighted by atomic mass is 9.82. The normalized spacial score (nSPS) is 20.4. The summed E-state index contributed by atoms with van der Waals surface area (Å²) in [6.45, 7) is 6.06. The van der Waals surface area contributed by atoms with Crippen LogP contribution in [0.25, 0.3) is 0 Å². The van der Waals surface area contributed by atoms with Crippen LogP contribution in [0, 0.1) is 12.3 Å². The van der Waals surface area contributed by atoms with Crippen LogP contribution in [-0.4, -0.2) is 11.4 Å². The molecule has 0 saturated heterocycles. The van der Waals surface area contributed by atoms with Crippen LogP contribution in [0.5, 0.6) is 0 Å². The molecule has 3 heteroatoms. The zero-order valence-electron chi connectivity index (χ0n) is 10.7. The van der Waals surface area contributed by atoms with Crippen molar-refractivity contribution < 1.29 is 4.79 Å². The van der Waals surface area contributed by atoms with Crippen LogP contribution in [0.15, 0.2) is 24.3 Å². The number of rotatable bonds is 4. The van der Waals surface area contributed by atoms with Gasteiger partial charge in [0.05, 0.1) is 0 Å². The predicted molar refractivity (Wildman–Crippen MR) is 69.7 cm³/mol. The lowest BCUT2D eigenvalue weighted by Gasteiger charge is -2.35. The second kappa shape index (κ2) is 3.76. The Kier molecular flexibility index (Phi) is 2.64. The quantitative estimate of drug-likeness (QED) is 0.837. The average molecular weight is 232 g/mol. The maximum atomic E-state index is 11.7. The van der Waals surface area contributed by atoms with E-state index in [1.54, 1.807) is 0 Å². The first-order valence-corrected chi connectivity index (χ1v) is 6.02. The minimum atomic E-state index is -0.664.